The fourth-order valence-corrected chi connectivity index (χ4v) is 2.43. The molecule has 1 aliphatic heterocycles. The summed E-state index contributed by atoms with van der Waals surface area (Å²) in [7, 11) is -1.01. The van der Waals surface area contributed by atoms with Crippen LogP contribution in [0.3, 0.4) is 0 Å². The van der Waals surface area contributed by atoms with Crippen molar-refractivity contribution >= 4 is 22.8 Å². The average molecular weight is 290 g/mol. The number of aliphatic carboxylic acids is 1. The Morgan fingerprint density at radius 3 is 2.63 bits per heavy atom. The van der Waals surface area contributed by atoms with Crippen molar-refractivity contribution in [3.8, 4) is 0 Å². The van der Waals surface area contributed by atoms with Crippen molar-refractivity contribution < 1.29 is 18.9 Å². The number of carbonyl (C=O) groups is 2. The molecule has 1 heterocycles. The van der Waals surface area contributed by atoms with Crippen LogP contribution in [-0.4, -0.2) is 56.3 Å². The number of carbonyl (C=O) groups excluding carboxylic acids is 1. The van der Waals surface area contributed by atoms with Crippen molar-refractivity contribution in [2.24, 2.45) is 0 Å². The van der Waals surface area contributed by atoms with E-state index in [-0.39, 0.29) is 17.8 Å². The molecule has 7 heteroatoms. The summed E-state index contributed by atoms with van der Waals surface area (Å²) in [4.78, 5) is 24.8. The van der Waals surface area contributed by atoms with Crippen molar-refractivity contribution in [1.29, 1.82) is 0 Å². The van der Waals surface area contributed by atoms with E-state index in [0.29, 0.717) is 13.0 Å². The van der Waals surface area contributed by atoms with Gasteiger partial charge >= 0.3 is 12.0 Å². The first-order valence-corrected chi connectivity index (χ1v) is 8.02. The molecule has 2 amide bonds. The summed E-state index contributed by atoms with van der Waals surface area (Å²) >= 11 is 0. The van der Waals surface area contributed by atoms with Crippen molar-refractivity contribution in [2.75, 3.05) is 19.3 Å². The summed E-state index contributed by atoms with van der Waals surface area (Å²) in [5.74, 6) is -0.977. The number of nitrogens with one attached hydrogen (secondary N) is 1. The fraction of sp³-hybridized carbons (Fsp3) is 0.833. The highest BCUT2D eigenvalue weighted by molar-refractivity contribution is 7.84. The van der Waals surface area contributed by atoms with E-state index in [4.69, 9.17) is 0 Å². The Bertz CT molecular complexity index is 388. The highest BCUT2D eigenvalue weighted by atomic mass is 32.2. The zero-order valence-electron chi connectivity index (χ0n) is 11.6. The van der Waals surface area contributed by atoms with Crippen LogP contribution in [0.25, 0.3) is 0 Å². The molecule has 1 rings (SSSR count). The standard InChI is InChI=1S/C12H22N2O4S/c1-9(19(3)18)8-13-11(17)14-7-5-4-6-12(14,2)10(15)16/h9H,4-8H2,1-3H3,(H,13,17)(H,15,16). The summed E-state index contributed by atoms with van der Waals surface area (Å²) < 4.78 is 11.2. The van der Waals surface area contributed by atoms with Crippen LogP contribution in [0, 0.1) is 0 Å². The number of hydrogen-bond acceptors (Lipinski definition) is 3. The predicted molar refractivity (Wildman–Crippen MR) is 73.5 cm³/mol. The first-order chi connectivity index (χ1) is 8.79. The number of carboxylic acids is 1. The molecule has 3 atom stereocenters. The second-order valence-electron chi connectivity index (χ2n) is 5.18. The Labute approximate surface area is 116 Å². The topological polar surface area (TPSA) is 86.7 Å². The molecule has 1 fully saturated rings. The first kappa shape index (κ1) is 15.9. The minimum Gasteiger partial charge on any atom is -0.480 e. The second-order valence-corrected chi connectivity index (χ2v) is 6.98. The van der Waals surface area contributed by atoms with Gasteiger partial charge in [0.15, 0.2) is 0 Å². The third-order valence-corrected chi connectivity index (χ3v) is 5.00. The lowest BCUT2D eigenvalue weighted by atomic mass is 9.89. The van der Waals surface area contributed by atoms with Gasteiger partial charge in [-0.25, -0.2) is 9.59 Å². The van der Waals surface area contributed by atoms with Crippen LogP contribution in [0.15, 0.2) is 0 Å². The number of carboxylic acid groups (broad SMARTS) is 1. The third kappa shape index (κ3) is 3.68. The zero-order chi connectivity index (χ0) is 14.6. The van der Waals surface area contributed by atoms with Gasteiger partial charge in [-0.3, -0.25) is 4.21 Å². The van der Waals surface area contributed by atoms with E-state index in [9.17, 15) is 18.9 Å². The average Bonchev–Trinajstić information content (AvgIpc) is 2.35. The van der Waals surface area contributed by atoms with Gasteiger partial charge in [0.25, 0.3) is 0 Å². The van der Waals surface area contributed by atoms with E-state index in [1.807, 2.05) is 0 Å². The van der Waals surface area contributed by atoms with Gasteiger partial charge in [0, 0.05) is 35.4 Å². The molecule has 0 aliphatic carbocycles. The van der Waals surface area contributed by atoms with Crippen LogP contribution in [-0.2, 0) is 15.6 Å². The Hall–Kier alpha value is -1.11. The lowest BCUT2D eigenvalue weighted by Crippen LogP contribution is -2.60. The third-order valence-electron chi connectivity index (χ3n) is 3.70. The van der Waals surface area contributed by atoms with Gasteiger partial charge in [0.05, 0.1) is 0 Å². The number of urea groups is 1. The highest BCUT2D eigenvalue weighted by Crippen LogP contribution is 2.28. The quantitative estimate of drug-likeness (QED) is 0.801. The molecule has 110 valence electrons. The molecule has 0 bridgehead atoms. The Morgan fingerprint density at radius 1 is 1.47 bits per heavy atom. The molecule has 0 radical (unpaired) electrons. The summed E-state index contributed by atoms with van der Waals surface area (Å²) in [6, 6.07) is -0.387. The van der Waals surface area contributed by atoms with Crippen molar-refractivity contribution in [1.82, 2.24) is 10.2 Å². The predicted octanol–water partition coefficient (Wildman–Crippen LogP) is 0.792. The normalized spacial score (nSPS) is 26.6. The number of nitrogens with zero attached hydrogens (tertiary/aromatic N) is 1. The highest BCUT2D eigenvalue weighted by Gasteiger charge is 2.43. The van der Waals surface area contributed by atoms with Crippen molar-refractivity contribution in [2.45, 2.75) is 43.9 Å². The van der Waals surface area contributed by atoms with E-state index >= 15 is 0 Å². The monoisotopic (exact) mass is 290 g/mol. The molecule has 0 saturated carbocycles. The number of hydrogen-bond donors (Lipinski definition) is 2. The molecule has 3 unspecified atom stereocenters. The molecule has 0 spiro atoms. The van der Waals surface area contributed by atoms with E-state index in [1.165, 1.54) is 4.90 Å². The molecule has 1 aliphatic rings. The minimum absolute atomic E-state index is 0.148. The number of rotatable bonds is 4. The van der Waals surface area contributed by atoms with Crippen molar-refractivity contribution in [3.05, 3.63) is 0 Å². The lowest BCUT2D eigenvalue weighted by Gasteiger charge is -2.41. The van der Waals surface area contributed by atoms with Crippen LogP contribution < -0.4 is 5.32 Å². The maximum Gasteiger partial charge on any atom is 0.329 e. The molecule has 1 saturated heterocycles. The number of likely N-dealkylation sites (tertiary alicyclic amines) is 1. The SMILES string of the molecule is CC(CNC(=O)N1CCCCC1(C)C(=O)O)S(C)=O. The molecule has 6 nitrogen and oxygen atoms in total. The summed E-state index contributed by atoms with van der Waals surface area (Å²) in [6.07, 6.45) is 3.66. The molecule has 0 aromatic carbocycles. The zero-order valence-corrected chi connectivity index (χ0v) is 12.5. The number of piperidine rings is 1. The molecule has 0 aromatic rings. The van der Waals surface area contributed by atoms with Gasteiger partial charge < -0.3 is 15.3 Å². The molecule has 19 heavy (non-hydrogen) atoms. The second kappa shape index (κ2) is 6.36. The van der Waals surface area contributed by atoms with Gasteiger partial charge in [0.1, 0.15) is 5.54 Å². The Morgan fingerprint density at radius 2 is 2.11 bits per heavy atom. The van der Waals surface area contributed by atoms with Crippen LogP contribution >= 0.6 is 0 Å². The summed E-state index contributed by atoms with van der Waals surface area (Å²) in [5.41, 5.74) is -1.14. The largest absolute Gasteiger partial charge is 0.480 e. The summed E-state index contributed by atoms with van der Waals surface area (Å²) in [6.45, 7) is 4.09. The van der Waals surface area contributed by atoms with E-state index in [2.05, 4.69) is 5.32 Å². The minimum atomic E-state index is -1.14. The van der Waals surface area contributed by atoms with Gasteiger partial charge in [0.2, 0.25) is 0 Å². The maximum absolute atomic E-state index is 12.1. The van der Waals surface area contributed by atoms with Crippen molar-refractivity contribution in [3.63, 3.8) is 0 Å². The summed E-state index contributed by atoms with van der Waals surface area (Å²) in [5, 5.41) is 11.8. The Balaban J connectivity index is 2.68. The molecule has 2 N–H and O–H groups in total. The van der Waals surface area contributed by atoms with E-state index in [0.717, 1.165) is 12.8 Å². The van der Waals surface area contributed by atoms with Gasteiger partial charge in [-0.1, -0.05) is 0 Å². The van der Waals surface area contributed by atoms with Gasteiger partial charge in [-0.15, -0.1) is 0 Å². The molecule has 0 aromatic heterocycles. The van der Waals surface area contributed by atoms with Crippen LogP contribution in [0.5, 0.6) is 0 Å². The lowest BCUT2D eigenvalue weighted by molar-refractivity contribution is -0.150. The van der Waals surface area contributed by atoms with Crippen LogP contribution in [0.1, 0.15) is 33.1 Å². The van der Waals surface area contributed by atoms with E-state index in [1.54, 1.807) is 20.1 Å². The maximum atomic E-state index is 12.1. The van der Waals surface area contributed by atoms with Gasteiger partial charge in [-0.05, 0) is 33.1 Å². The Kier molecular flexibility index (Phi) is 5.34. The van der Waals surface area contributed by atoms with Crippen LogP contribution in [0.4, 0.5) is 4.79 Å². The van der Waals surface area contributed by atoms with Crippen LogP contribution in [0.2, 0.25) is 0 Å². The smallest absolute Gasteiger partial charge is 0.329 e. The fourth-order valence-electron chi connectivity index (χ4n) is 2.11. The first-order valence-electron chi connectivity index (χ1n) is 6.40. The molecular weight excluding hydrogens is 268 g/mol. The molecular formula is C12H22N2O4S. The van der Waals surface area contributed by atoms with Gasteiger partial charge in [-0.2, -0.15) is 0 Å². The number of amides is 2. The van der Waals surface area contributed by atoms with E-state index < -0.39 is 22.3 Å².